The van der Waals surface area contributed by atoms with E-state index in [0.29, 0.717) is 11.3 Å². The zero-order chi connectivity index (χ0) is 15.8. The number of aromatic nitrogens is 2. The Labute approximate surface area is 129 Å². The second-order valence-corrected chi connectivity index (χ2v) is 7.95. The lowest BCUT2D eigenvalue weighted by Crippen LogP contribution is -2.11. The first kappa shape index (κ1) is 15.7. The molecule has 0 spiro atoms. The van der Waals surface area contributed by atoms with Crippen molar-refractivity contribution < 1.29 is 13.3 Å². The molecule has 2 rings (SSSR count). The minimum Gasteiger partial charge on any atom is -0.276 e. The van der Waals surface area contributed by atoms with Crippen molar-refractivity contribution in [1.29, 1.82) is 0 Å². The van der Waals surface area contributed by atoms with E-state index in [1.54, 1.807) is 4.68 Å². The van der Waals surface area contributed by atoms with Crippen LogP contribution in [0.1, 0.15) is 19.9 Å². The first-order chi connectivity index (χ1) is 9.70. The van der Waals surface area contributed by atoms with Crippen LogP contribution in [-0.4, -0.2) is 23.1 Å². The molecule has 0 aliphatic heterocycles. The maximum atomic E-state index is 12.1. The van der Waals surface area contributed by atoms with Gasteiger partial charge in [0.15, 0.2) is 4.34 Å². The molecule has 0 saturated heterocycles. The van der Waals surface area contributed by atoms with Crippen molar-refractivity contribution in [3.05, 3.63) is 32.9 Å². The lowest BCUT2D eigenvalue weighted by Gasteiger charge is -2.04. The second-order valence-electron chi connectivity index (χ2n) is 4.39. The molecular weight excluding hydrogens is 340 g/mol. The SMILES string of the molecule is CC(C)n1cc(NS(=O)(=O)c2cc([N+](=O)[O-])c(Cl)s2)cn1. The molecule has 0 atom stereocenters. The second kappa shape index (κ2) is 5.62. The summed E-state index contributed by atoms with van der Waals surface area (Å²) in [6.45, 7) is 3.79. The van der Waals surface area contributed by atoms with Crippen LogP contribution in [0.3, 0.4) is 0 Å². The number of sulfonamides is 1. The minimum atomic E-state index is -3.93. The standard InChI is InChI=1S/C10H11ClN4O4S2/c1-6(2)14-5-7(4-12-14)13-21(18,19)9-3-8(15(16)17)10(11)20-9/h3-6,13H,1-2H3. The van der Waals surface area contributed by atoms with Crippen LogP contribution in [0.5, 0.6) is 0 Å². The highest BCUT2D eigenvalue weighted by Gasteiger charge is 2.25. The molecule has 0 aliphatic carbocycles. The average Bonchev–Trinajstić information content (AvgIpc) is 2.95. The fourth-order valence-electron chi connectivity index (χ4n) is 1.47. The Bertz CT molecular complexity index is 781. The van der Waals surface area contributed by atoms with Crippen molar-refractivity contribution >= 4 is 44.3 Å². The van der Waals surface area contributed by atoms with Gasteiger partial charge in [0.1, 0.15) is 4.21 Å². The van der Waals surface area contributed by atoms with Gasteiger partial charge in [-0.15, -0.1) is 11.3 Å². The molecule has 2 aromatic rings. The van der Waals surface area contributed by atoms with E-state index in [1.165, 1.54) is 12.4 Å². The summed E-state index contributed by atoms with van der Waals surface area (Å²) >= 11 is 6.29. The van der Waals surface area contributed by atoms with Gasteiger partial charge in [-0.25, -0.2) is 8.42 Å². The Hall–Kier alpha value is -1.65. The number of hydrogen-bond donors (Lipinski definition) is 1. The van der Waals surface area contributed by atoms with Crippen molar-refractivity contribution in [3.63, 3.8) is 0 Å². The van der Waals surface area contributed by atoms with Gasteiger partial charge in [-0.1, -0.05) is 11.6 Å². The number of halogens is 1. The van der Waals surface area contributed by atoms with Gasteiger partial charge in [-0.2, -0.15) is 5.10 Å². The van der Waals surface area contributed by atoms with E-state index in [-0.39, 0.29) is 20.3 Å². The van der Waals surface area contributed by atoms with Gasteiger partial charge in [0.25, 0.3) is 15.7 Å². The summed E-state index contributed by atoms with van der Waals surface area (Å²) in [6.07, 6.45) is 2.90. The number of anilines is 1. The Morgan fingerprint density at radius 3 is 2.67 bits per heavy atom. The highest BCUT2D eigenvalue weighted by molar-refractivity contribution is 7.94. The quantitative estimate of drug-likeness (QED) is 0.659. The third kappa shape index (κ3) is 3.34. The highest BCUT2D eigenvalue weighted by atomic mass is 35.5. The van der Waals surface area contributed by atoms with Crippen LogP contribution >= 0.6 is 22.9 Å². The summed E-state index contributed by atoms with van der Waals surface area (Å²) in [5, 5.41) is 14.7. The molecule has 0 radical (unpaired) electrons. The van der Waals surface area contributed by atoms with Crippen molar-refractivity contribution in [3.8, 4) is 0 Å². The maximum Gasteiger partial charge on any atom is 0.300 e. The van der Waals surface area contributed by atoms with Gasteiger partial charge < -0.3 is 0 Å². The zero-order valence-corrected chi connectivity index (χ0v) is 13.4. The van der Waals surface area contributed by atoms with E-state index in [9.17, 15) is 18.5 Å². The van der Waals surface area contributed by atoms with Crippen LogP contribution in [0.4, 0.5) is 11.4 Å². The fourth-order valence-corrected chi connectivity index (χ4v) is 4.17. The van der Waals surface area contributed by atoms with E-state index in [4.69, 9.17) is 11.6 Å². The number of nitro groups is 1. The summed E-state index contributed by atoms with van der Waals surface area (Å²) in [4.78, 5) is 9.97. The van der Waals surface area contributed by atoms with Crippen LogP contribution in [-0.2, 0) is 10.0 Å². The molecule has 0 unspecified atom stereocenters. The van der Waals surface area contributed by atoms with Crippen LogP contribution in [0.2, 0.25) is 4.34 Å². The first-order valence-electron chi connectivity index (χ1n) is 5.71. The largest absolute Gasteiger partial charge is 0.300 e. The molecule has 21 heavy (non-hydrogen) atoms. The number of nitrogens with zero attached hydrogens (tertiary/aromatic N) is 3. The maximum absolute atomic E-state index is 12.1. The monoisotopic (exact) mass is 350 g/mol. The molecule has 2 heterocycles. The summed E-state index contributed by atoms with van der Waals surface area (Å²) in [7, 11) is -3.93. The molecule has 0 saturated carbocycles. The van der Waals surface area contributed by atoms with Crippen LogP contribution in [0, 0.1) is 10.1 Å². The van der Waals surface area contributed by atoms with E-state index in [0.717, 1.165) is 6.07 Å². The van der Waals surface area contributed by atoms with Gasteiger partial charge in [-0.05, 0) is 13.8 Å². The Balaban J connectivity index is 2.29. The predicted molar refractivity (Wildman–Crippen MR) is 79.4 cm³/mol. The van der Waals surface area contributed by atoms with Crippen LogP contribution in [0.25, 0.3) is 0 Å². The third-order valence-corrected chi connectivity index (χ3v) is 5.68. The van der Waals surface area contributed by atoms with Gasteiger partial charge in [-0.3, -0.25) is 19.5 Å². The van der Waals surface area contributed by atoms with E-state index >= 15 is 0 Å². The Morgan fingerprint density at radius 1 is 1.52 bits per heavy atom. The fraction of sp³-hybridized carbons (Fsp3) is 0.300. The topological polar surface area (TPSA) is 107 Å². The summed E-state index contributed by atoms with van der Waals surface area (Å²) < 4.78 is 27.8. The summed E-state index contributed by atoms with van der Waals surface area (Å²) in [5.74, 6) is 0. The third-order valence-electron chi connectivity index (χ3n) is 2.49. The number of hydrogen-bond acceptors (Lipinski definition) is 6. The lowest BCUT2D eigenvalue weighted by molar-refractivity contribution is -0.384. The van der Waals surface area contributed by atoms with Crippen LogP contribution < -0.4 is 4.72 Å². The highest BCUT2D eigenvalue weighted by Crippen LogP contribution is 2.36. The first-order valence-corrected chi connectivity index (χ1v) is 8.39. The van der Waals surface area contributed by atoms with E-state index in [1.807, 2.05) is 13.8 Å². The number of thiophene rings is 1. The molecule has 2 aromatic heterocycles. The van der Waals surface area contributed by atoms with Crippen molar-refractivity contribution in [1.82, 2.24) is 9.78 Å². The van der Waals surface area contributed by atoms with Gasteiger partial charge in [0, 0.05) is 18.3 Å². The van der Waals surface area contributed by atoms with Gasteiger partial charge in [0.05, 0.1) is 16.8 Å². The van der Waals surface area contributed by atoms with Crippen molar-refractivity contribution in [2.24, 2.45) is 0 Å². The number of rotatable bonds is 5. The van der Waals surface area contributed by atoms with Crippen LogP contribution in [0.15, 0.2) is 22.7 Å². The summed E-state index contributed by atoms with van der Waals surface area (Å²) in [6, 6.07) is 1.02. The molecular formula is C10H11ClN4O4S2. The summed E-state index contributed by atoms with van der Waals surface area (Å²) in [5.41, 5.74) is -0.157. The zero-order valence-electron chi connectivity index (χ0n) is 11.0. The van der Waals surface area contributed by atoms with Crippen molar-refractivity contribution in [2.45, 2.75) is 24.1 Å². The average molecular weight is 351 g/mol. The molecule has 8 nitrogen and oxygen atoms in total. The normalized spacial score (nSPS) is 11.8. The predicted octanol–water partition coefficient (Wildman–Crippen LogP) is 2.89. The minimum absolute atomic E-state index is 0.0838. The molecule has 0 fully saturated rings. The Kier molecular flexibility index (Phi) is 4.21. The van der Waals surface area contributed by atoms with Crippen molar-refractivity contribution in [2.75, 3.05) is 4.72 Å². The molecule has 0 aromatic carbocycles. The smallest absolute Gasteiger partial charge is 0.276 e. The lowest BCUT2D eigenvalue weighted by atomic mass is 10.4. The molecule has 0 amide bonds. The molecule has 0 aliphatic rings. The van der Waals surface area contributed by atoms with E-state index in [2.05, 4.69) is 9.82 Å². The Morgan fingerprint density at radius 2 is 2.19 bits per heavy atom. The van der Waals surface area contributed by atoms with Gasteiger partial charge in [0.2, 0.25) is 0 Å². The number of nitrogens with one attached hydrogen (secondary N) is 1. The molecule has 11 heteroatoms. The van der Waals surface area contributed by atoms with Gasteiger partial charge >= 0.3 is 0 Å². The molecule has 114 valence electrons. The van der Waals surface area contributed by atoms with E-state index < -0.39 is 20.6 Å². The molecule has 1 N–H and O–H groups in total. The molecule has 0 bridgehead atoms.